The van der Waals surface area contributed by atoms with Gasteiger partial charge in [0.15, 0.2) is 23.3 Å². The molecular formula is C9H3F7O2. The van der Waals surface area contributed by atoms with Gasteiger partial charge < -0.3 is 5.11 Å². The Morgan fingerprint density at radius 3 is 1.78 bits per heavy atom. The van der Waals surface area contributed by atoms with Crippen LogP contribution in [0.3, 0.4) is 0 Å². The first-order chi connectivity index (χ1) is 8.07. The average Bonchev–Trinajstić information content (AvgIpc) is 2.20. The lowest BCUT2D eigenvalue weighted by Gasteiger charge is -2.14. The van der Waals surface area contributed by atoms with Crippen molar-refractivity contribution in [3.63, 3.8) is 0 Å². The Morgan fingerprint density at radius 1 is 0.944 bits per heavy atom. The third-order valence-electron chi connectivity index (χ3n) is 1.98. The number of carboxylic acid groups (broad SMARTS) is 1. The van der Waals surface area contributed by atoms with E-state index >= 15 is 0 Å². The first-order valence-corrected chi connectivity index (χ1v) is 4.21. The van der Waals surface area contributed by atoms with Crippen molar-refractivity contribution in [2.75, 3.05) is 0 Å². The number of hydrogen-bond donors (Lipinski definition) is 1. The molecule has 1 rings (SSSR count). The molecule has 0 saturated heterocycles. The lowest BCUT2D eigenvalue weighted by atomic mass is 10.0. The summed E-state index contributed by atoms with van der Waals surface area (Å²) in [5, 5.41) is 8.26. The number of benzene rings is 1. The van der Waals surface area contributed by atoms with E-state index in [4.69, 9.17) is 5.11 Å². The minimum Gasteiger partial charge on any atom is -0.481 e. The van der Waals surface area contributed by atoms with Gasteiger partial charge >= 0.3 is 12.1 Å². The summed E-state index contributed by atoms with van der Waals surface area (Å²) in [5.41, 5.74) is -4.24. The van der Waals surface area contributed by atoms with E-state index in [0.717, 1.165) is 0 Å². The van der Waals surface area contributed by atoms with Gasteiger partial charge in [0, 0.05) is 5.56 Å². The van der Waals surface area contributed by atoms with Crippen LogP contribution in [0, 0.1) is 23.3 Å². The SMILES string of the molecule is O=C(O)Cc1c(F)c(F)c(F)c(F)c1C(F)(F)F. The molecule has 1 aromatic carbocycles. The Hall–Kier alpha value is -1.80. The number of hydrogen-bond acceptors (Lipinski definition) is 1. The fourth-order valence-corrected chi connectivity index (χ4v) is 1.29. The van der Waals surface area contributed by atoms with Crippen molar-refractivity contribution in [3.05, 3.63) is 34.4 Å². The Balaban J connectivity index is 3.70. The summed E-state index contributed by atoms with van der Waals surface area (Å²) < 4.78 is 88.5. The van der Waals surface area contributed by atoms with Gasteiger partial charge in [-0.1, -0.05) is 0 Å². The van der Waals surface area contributed by atoms with Gasteiger partial charge in [-0.25, -0.2) is 17.6 Å². The van der Waals surface area contributed by atoms with Crippen LogP contribution in [0.1, 0.15) is 11.1 Å². The van der Waals surface area contributed by atoms with Crippen molar-refractivity contribution in [1.29, 1.82) is 0 Å². The standard InChI is InChI=1S/C9H3F7O2/c10-5-2(1-3(17)18)4(9(14,15)16)6(11)8(13)7(5)12/h1H2,(H,17,18). The van der Waals surface area contributed by atoms with E-state index in [1.165, 1.54) is 0 Å². The maximum absolute atomic E-state index is 13.0. The van der Waals surface area contributed by atoms with Crippen LogP contribution in [-0.2, 0) is 17.4 Å². The summed E-state index contributed by atoms with van der Waals surface area (Å²) >= 11 is 0. The minimum absolute atomic E-state index is 1.63. The van der Waals surface area contributed by atoms with Crippen LogP contribution in [0.25, 0.3) is 0 Å². The van der Waals surface area contributed by atoms with Crippen molar-refractivity contribution in [1.82, 2.24) is 0 Å². The number of carbonyl (C=O) groups is 1. The molecule has 1 aromatic rings. The summed E-state index contributed by atoms with van der Waals surface area (Å²) in [6.45, 7) is 0. The highest BCUT2D eigenvalue weighted by molar-refractivity contribution is 5.71. The van der Waals surface area contributed by atoms with E-state index in [2.05, 4.69) is 0 Å². The molecular weight excluding hydrogens is 273 g/mol. The van der Waals surface area contributed by atoms with Crippen molar-refractivity contribution >= 4 is 5.97 Å². The van der Waals surface area contributed by atoms with Crippen molar-refractivity contribution in [2.45, 2.75) is 12.6 Å². The summed E-state index contributed by atoms with van der Waals surface area (Å²) in [4.78, 5) is 10.2. The van der Waals surface area contributed by atoms with Gasteiger partial charge in [0.05, 0.1) is 6.42 Å². The molecule has 0 saturated carbocycles. The molecule has 0 bridgehead atoms. The van der Waals surface area contributed by atoms with Gasteiger partial charge in [0.25, 0.3) is 0 Å². The van der Waals surface area contributed by atoms with Crippen molar-refractivity contribution in [2.24, 2.45) is 0 Å². The second kappa shape index (κ2) is 4.46. The third-order valence-corrected chi connectivity index (χ3v) is 1.98. The Kier molecular flexibility index (Phi) is 3.54. The van der Waals surface area contributed by atoms with Crippen LogP contribution in [0.15, 0.2) is 0 Å². The number of rotatable bonds is 2. The van der Waals surface area contributed by atoms with Gasteiger partial charge in [-0.2, -0.15) is 13.2 Å². The number of aliphatic carboxylic acids is 1. The molecule has 0 fully saturated rings. The van der Waals surface area contributed by atoms with Gasteiger partial charge in [-0.05, 0) is 0 Å². The van der Waals surface area contributed by atoms with Gasteiger partial charge in [-0.15, -0.1) is 0 Å². The average molecular weight is 276 g/mol. The monoisotopic (exact) mass is 276 g/mol. The molecule has 2 nitrogen and oxygen atoms in total. The molecule has 0 aliphatic rings. The molecule has 0 unspecified atom stereocenters. The second-order valence-corrected chi connectivity index (χ2v) is 3.18. The van der Waals surface area contributed by atoms with Crippen LogP contribution in [0.2, 0.25) is 0 Å². The zero-order chi connectivity index (χ0) is 14.2. The highest BCUT2D eigenvalue weighted by atomic mass is 19.4. The predicted molar refractivity (Wildman–Crippen MR) is 42.6 cm³/mol. The third kappa shape index (κ3) is 2.39. The van der Waals surface area contributed by atoms with Crippen LogP contribution in [0.5, 0.6) is 0 Å². The molecule has 0 heterocycles. The summed E-state index contributed by atoms with van der Waals surface area (Å²) in [7, 11) is 0. The Labute approximate surface area is 94.6 Å². The normalized spacial score (nSPS) is 11.7. The fraction of sp³-hybridized carbons (Fsp3) is 0.222. The number of alkyl halides is 3. The lowest BCUT2D eigenvalue weighted by molar-refractivity contribution is -0.142. The molecule has 0 amide bonds. The molecule has 1 N–H and O–H groups in total. The van der Waals surface area contributed by atoms with Crippen LogP contribution in [0.4, 0.5) is 30.7 Å². The molecule has 18 heavy (non-hydrogen) atoms. The first kappa shape index (κ1) is 14.3. The maximum Gasteiger partial charge on any atom is 0.419 e. The summed E-state index contributed by atoms with van der Waals surface area (Å²) in [6, 6.07) is 0. The number of carboxylic acids is 1. The first-order valence-electron chi connectivity index (χ1n) is 4.21. The van der Waals surface area contributed by atoms with E-state index < -0.39 is 53.0 Å². The highest BCUT2D eigenvalue weighted by Crippen LogP contribution is 2.37. The molecule has 9 heteroatoms. The quantitative estimate of drug-likeness (QED) is 0.512. The molecule has 0 aliphatic heterocycles. The Morgan fingerprint density at radius 2 is 1.39 bits per heavy atom. The summed E-state index contributed by atoms with van der Waals surface area (Å²) in [5.74, 6) is -12.1. The zero-order valence-electron chi connectivity index (χ0n) is 8.21. The topological polar surface area (TPSA) is 37.3 Å². The molecule has 0 atom stereocenters. The van der Waals surface area contributed by atoms with Gasteiger partial charge in [-0.3, -0.25) is 4.79 Å². The van der Waals surface area contributed by atoms with E-state index in [1.807, 2.05) is 0 Å². The summed E-state index contributed by atoms with van der Waals surface area (Å²) in [6.07, 6.45) is -7.18. The zero-order valence-corrected chi connectivity index (χ0v) is 8.21. The van der Waals surface area contributed by atoms with E-state index in [0.29, 0.717) is 0 Å². The van der Waals surface area contributed by atoms with Crippen LogP contribution >= 0.6 is 0 Å². The van der Waals surface area contributed by atoms with Gasteiger partial charge in [0.1, 0.15) is 5.56 Å². The lowest BCUT2D eigenvalue weighted by Crippen LogP contribution is -2.19. The van der Waals surface area contributed by atoms with E-state index in [1.54, 1.807) is 0 Å². The largest absolute Gasteiger partial charge is 0.481 e. The van der Waals surface area contributed by atoms with Gasteiger partial charge in [0.2, 0.25) is 0 Å². The molecule has 0 aromatic heterocycles. The smallest absolute Gasteiger partial charge is 0.419 e. The molecule has 0 aliphatic carbocycles. The predicted octanol–water partition coefficient (Wildman–Crippen LogP) is 2.89. The molecule has 0 spiro atoms. The van der Waals surface area contributed by atoms with Crippen molar-refractivity contribution < 1.29 is 40.6 Å². The van der Waals surface area contributed by atoms with Crippen LogP contribution < -0.4 is 0 Å². The molecule has 100 valence electrons. The Bertz CT molecular complexity index is 507. The maximum atomic E-state index is 13.0. The van der Waals surface area contributed by atoms with Crippen LogP contribution in [-0.4, -0.2) is 11.1 Å². The second-order valence-electron chi connectivity index (χ2n) is 3.18. The fourth-order valence-electron chi connectivity index (χ4n) is 1.29. The van der Waals surface area contributed by atoms with E-state index in [9.17, 15) is 35.5 Å². The molecule has 0 radical (unpaired) electrons. The number of halogens is 7. The van der Waals surface area contributed by atoms with E-state index in [-0.39, 0.29) is 0 Å². The van der Waals surface area contributed by atoms with Crippen molar-refractivity contribution in [3.8, 4) is 0 Å². The highest BCUT2D eigenvalue weighted by Gasteiger charge is 2.42. The minimum atomic E-state index is -5.55.